The van der Waals surface area contributed by atoms with Gasteiger partial charge in [-0.05, 0) is 25.8 Å². The van der Waals surface area contributed by atoms with Crippen LogP contribution in [0.1, 0.15) is 25.2 Å². The van der Waals surface area contributed by atoms with E-state index in [-0.39, 0.29) is 0 Å². The van der Waals surface area contributed by atoms with Crippen LogP contribution in [0.25, 0.3) is 5.65 Å². The van der Waals surface area contributed by atoms with Crippen molar-refractivity contribution in [2.75, 3.05) is 11.9 Å². The zero-order chi connectivity index (χ0) is 11.7. The summed E-state index contributed by atoms with van der Waals surface area (Å²) in [7, 11) is 0. The fourth-order valence-corrected chi connectivity index (χ4v) is 1.65. The topological polar surface area (TPSA) is 42.2 Å². The molecule has 0 aliphatic heterocycles. The van der Waals surface area contributed by atoms with E-state index in [9.17, 15) is 0 Å². The Morgan fingerprint density at radius 2 is 2.12 bits per heavy atom. The number of hydrogen-bond acceptors (Lipinski definition) is 3. The number of hydrogen-bond donors (Lipinski definition) is 1. The summed E-state index contributed by atoms with van der Waals surface area (Å²) >= 11 is 0. The van der Waals surface area contributed by atoms with Gasteiger partial charge in [-0.15, -0.1) is 0 Å². The van der Waals surface area contributed by atoms with Crippen molar-refractivity contribution in [1.29, 1.82) is 0 Å². The van der Waals surface area contributed by atoms with Crippen molar-refractivity contribution < 1.29 is 0 Å². The van der Waals surface area contributed by atoms with Crippen LogP contribution in [0.15, 0.2) is 12.3 Å². The predicted molar refractivity (Wildman–Crippen MR) is 65.8 cm³/mol. The summed E-state index contributed by atoms with van der Waals surface area (Å²) < 4.78 is 1.89. The zero-order valence-corrected chi connectivity index (χ0v) is 10.3. The Hall–Kier alpha value is -1.58. The summed E-state index contributed by atoms with van der Waals surface area (Å²) in [5.74, 6) is 0.615. The van der Waals surface area contributed by atoms with E-state index in [1.54, 1.807) is 0 Å². The summed E-state index contributed by atoms with van der Waals surface area (Å²) in [6.45, 7) is 9.34. The highest BCUT2D eigenvalue weighted by molar-refractivity contribution is 5.67. The Morgan fingerprint density at radius 3 is 2.81 bits per heavy atom. The van der Waals surface area contributed by atoms with Gasteiger partial charge in [0.15, 0.2) is 5.65 Å². The van der Waals surface area contributed by atoms with Crippen molar-refractivity contribution in [3.8, 4) is 0 Å². The van der Waals surface area contributed by atoms with Crippen molar-refractivity contribution in [3.05, 3.63) is 23.7 Å². The third-order valence-corrected chi connectivity index (χ3v) is 2.46. The SMILES string of the molecule is Cc1cc(NCC(C)C)c2ncc(C)n2n1. The molecule has 0 fully saturated rings. The molecule has 0 aromatic carbocycles. The van der Waals surface area contributed by atoms with E-state index in [0.717, 1.165) is 29.3 Å². The van der Waals surface area contributed by atoms with Gasteiger partial charge in [0, 0.05) is 6.54 Å². The van der Waals surface area contributed by atoms with Gasteiger partial charge in [0.25, 0.3) is 0 Å². The molecule has 0 amide bonds. The Bertz CT molecular complexity index is 499. The monoisotopic (exact) mass is 218 g/mol. The molecule has 2 heterocycles. The summed E-state index contributed by atoms with van der Waals surface area (Å²) in [6, 6.07) is 2.05. The number of rotatable bonds is 3. The number of imidazole rings is 1. The molecular formula is C12H18N4. The molecule has 4 nitrogen and oxygen atoms in total. The molecule has 86 valence electrons. The largest absolute Gasteiger partial charge is 0.382 e. The highest BCUT2D eigenvalue weighted by Crippen LogP contribution is 2.17. The molecule has 0 saturated heterocycles. The fourth-order valence-electron chi connectivity index (χ4n) is 1.65. The predicted octanol–water partition coefficient (Wildman–Crippen LogP) is 2.41. The van der Waals surface area contributed by atoms with E-state index < -0.39 is 0 Å². The molecule has 0 bridgehead atoms. The first-order chi connectivity index (χ1) is 7.58. The summed E-state index contributed by atoms with van der Waals surface area (Å²) in [4.78, 5) is 4.38. The lowest BCUT2D eigenvalue weighted by Crippen LogP contribution is -2.10. The lowest BCUT2D eigenvalue weighted by molar-refractivity contribution is 0.688. The van der Waals surface area contributed by atoms with E-state index in [1.165, 1.54) is 0 Å². The standard InChI is InChI=1S/C12H18N4/c1-8(2)6-13-11-5-9(3)15-16-10(4)7-14-12(11)16/h5,7-8,13H,6H2,1-4H3. The smallest absolute Gasteiger partial charge is 0.177 e. The Morgan fingerprint density at radius 1 is 1.38 bits per heavy atom. The van der Waals surface area contributed by atoms with Crippen LogP contribution in [0.3, 0.4) is 0 Å². The van der Waals surface area contributed by atoms with Gasteiger partial charge in [-0.25, -0.2) is 9.50 Å². The molecule has 16 heavy (non-hydrogen) atoms. The first-order valence-electron chi connectivity index (χ1n) is 5.64. The summed E-state index contributed by atoms with van der Waals surface area (Å²) in [5.41, 5.74) is 4.03. The summed E-state index contributed by atoms with van der Waals surface area (Å²) in [5, 5.41) is 7.86. The minimum atomic E-state index is 0.615. The molecule has 0 aliphatic carbocycles. The van der Waals surface area contributed by atoms with Crippen molar-refractivity contribution in [2.24, 2.45) is 5.92 Å². The van der Waals surface area contributed by atoms with Crippen LogP contribution in [-0.4, -0.2) is 21.1 Å². The second kappa shape index (κ2) is 4.12. The minimum Gasteiger partial charge on any atom is -0.382 e. The van der Waals surface area contributed by atoms with E-state index >= 15 is 0 Å². The fraction of sp³-hybridized carbons (Fsp3) is 0.500. The maximum absolute atomic E-state index is 4.44. The second-order valence-electron chi connectivity index (χ2n) is 4.61. The molecule has 2 rings (SSSR count). The third-order valence-electron chi connectivity index (χ3n) is 2.46. The van der Waals surface area contributed by atoms with Crippen LogP contribution in [0.5, 0.6) is 0 Å². The van der Waals surface area contributed by atoms with Gasteiger partial charge >= 0.3 is 0 Å². The van der Waals surface area contributed by atoms with Crippen molar-refractivity contribution in [3.63, 3.8) is 0 Å². The number of nitrogens with zero attached hydrogens (tertiary/aromatic N) is 3. The highest BCUT2D eigenvalue weighted by atomic mass is 15.3. The average Bonchev–Trinajstić information content (AvgIpc) is 2.57. The average molecular weight is 218 g/mol. The van der Waals surface area contributed by atoms with Crippen LogP contribution >= 0.6 is 0 Å². The number of nitrogens with one attached hydrogen (secondary N) is 1. The van der Waals surface area contributed by atoms with Crippen molar-refractivity contribution >= 4 is 11.3 Å². The van der Waals surface area contributed by atoms with Gasteiger partial charge in [0.1, 0.15) is 0 Å². The number of fused-ring (bicyclic) bond motifs is 1. The second-order valence-corrected chi connectivity index (χ2v) is 4.61. The summed E-state index contributed by atoms with van der Waals surface area (Å²) in [6.07, 6.45) is 1.85. The Kier molecular flexibility index (Phi) is 2.81. The normalized spacial score (nSPS) is 11.3. The van der Waals surface area contributed by atoms with Crippen molar-refractivity contribution in [2.45, 2.75) is 27.7 Å². The third kappa shape index (κ3) is 2.01. The molecule has 0 atom stereocenters. The number of aromatic nitrogens is 3. The van der Waals surface area contributed by atoms with Gasteiger partial charge < -0.3 is 5.32 Å². The molecule has 2 aromatic rings. The number of aryl methyl sites for hydroxylation is 2. The highest BCUT2D eigenvalue weighted by Gasteiger charge is 2.07. The first kappa shape index (κ1) is 10.9. The van der Waals surface area contributed by atoms with Gasteiger partial charge in [-0.2, -0.15) is 5.10 Å². The molecule has 1 N–H and O–H groups in total. The van der Waals surface area contributed by atoms with E-state index in [1.807, 2.05) is 30.6 Å². The Balaban J connectivity index is 2.43. The maximum atomic E-state index is 4.44. The molecule has 0 saturated carbocycles. The Labute approximate surface area is 95.7 Å². The van der Waals surface area contributed by atoms with Gasteiger partial charge in [0.2, 0.25) is 0 Å². The van der Waals surface area contributed by atoms with E-state index in [4.69, 9.17) is 0 Å². The van der Waals surface area contributed by atoms with Crippen LogP contribution in [0.4, 0.5) is 5.69 Å². The molecular weight excluding hydrogens is 200 g/mol. The molecule has 0 radical (unpaired) electrons. The minimum absolute atomic E-state index is 0.615. The van der Waals surface area contributed by atoms with Gasteiger partial charge in [0.05, 0.1) is 23.3 Å². The lowest BCUT2D eigenvalue weighted by atomic mass is 10.2. The maximum Gasteiger partial charge on any atom is 0.177 e. The van der Waals surface area contributed by atoms with E-state index in [0.29, 0.717) is 5.92 Å². The van der Waals surface area contributed by atoms with Crippen LogP contribution in [0, 0.1) is 19.8 Å². The first-order valence-corrected chi connectivity index (χ1v) is 5.64. The van der Waals surface area contributed by atoms with Gasteiger partial charge in [-0.3, -0.25) is 0 Å². The zero-order valence-electron chi connectivity index (χ0n) is 10.3. The molecule has 0 unspecified atom stereocenters. The molecule has 0 aliphatic rings. The van der Waals surface area contributed by atoms with Crippen molar-refractivity contribution in [1.82, 2.24) is 14.6 Å². The lowest BCUT2D eigenvalue weighted by Gasteiger charge is -2.10. The van der Waals surface area contributed by atoms with Crippen LogP contribution in [0.2, 0.25) is 0 Å². The quantitative estimate of drug-likeness (QED) is 0.860. The molecule has 4 heteroatoms. The molecule has 2 aromatic heterocycles. The number of anilines is 1. The van der Waals surface area contributed by atoms with Gasteiger partial charge in [-0.1, -0.05) is 13.8 Å². The van der Waals surface area contributed by atoms with E-state index in [2.05, 4.69) is 29.2 Å². The van der Waals surface area contributed by atoms with Crippen LogP contribution in [-0.2, 0) is 0 Å². The molecule has 0 spiro atoms. The van der Waals surface area contributed by atoms with Crippen LogP contribution < -0.4 is 5.32 Å².